The summed E-state index contributed by atoms with van der Waals surface area (Å²) in [7, 11) is 2.55. The number of hydrogen-bond donors (Lipinski definition) is 1. The Hall–Kier alpha value is -2.70. The molecule has 7 nitrogen and oxygen atoms in total. The molecule has 0 fully saturated rings. The highest BCUT2D eigenvalue weighted by molar-refractivity contribution is 7.29. The molecule has 1 atom stereocenters. The zero-order valence-electron chi connectivity index (χ0n) is 16.6. The second-order valence-electron chi connectivity index (χ2n) is 6.79. The van der Waals surface area contributed by atoms with Gasteiger partial charge < -0.3 is 19.4 Å². The molecule has 4 aromatic rings. The van der Waals surface area contributed by atoms with Crippen molar-refractivity contribution in [2.75, 3.05) is 30.9 Å². The highest BCUT2D eigenvalue weighted by Crippen LogP contribution is 2.35. The number of aryl methyl sites for hydroxylation is 1. The Morgan fingerprint density at radius 3 is 2.74 bits per heavy atom. The number of alkyl halides is 3. The van der Waals surface area contributed by atoms with Crippen LogP contribution in [0, 0.1) is 6.92 Å². The van der Waals surface area contributed by atoms with E-state index in [9.17, 15) is 18.0 Å². The predicted octanol–water partition coefficient (Wildman–Crippen LogP) is 5.07. The number of nitrogens with one attached hydrogen (secondary N) is 1. The van der Waals surface area contributed by atoms with Crippen LogP contribution in [-0.2, 0) is 4.74 Å². The van der Waals surface area contributed by atoms with Crippen LogP contribution in [0.25, 0.3) is 20.6 Å². The van der Waals surface area contributed by atoms with Gasteiger partial charge in [0.15, 0.2) is 22.7 Å². The second kappa shape index (κ2) is 8.09. The number of rotatable bonds is 6. The monoisotopic (exact) mass is 470 g/mol. The van der Waals surface area contributed by atoms with Crippen molar-refractivity contribution in [2.24, 2.45) is 0 Å². The smallest absolute Gasteiger partial charge is 0.416 e. The second-order valence-corrected chi connectivity index (χ2v) is 8.83. The molecule has 4 rings (SSSR count). The first-order valence-corrected chi connectivity index (χ1v) is 10.7. The van der Waals surface area contributed by atoms with Gasteiger partial charge in [-0.25, -0.2) is 9.97 Å². The molecular formula is C19H17F3N4O3S2. The standard InChI is InChI=1S/C19H17F3N4O3S2/c1-9-23-11-6-10(4-5-12(11)29-9)24-16(27)13-7-14-17(30-13)25-18(31-14)26(2)8-15(28-3)19(20,21)22/h4-7,15H,8H2,1-3H3,(H,24,27). The summed E-state index contributed by atoms with van der Waals surface area (Å²) < 4.78 is 49.5. The van der Waals surface area contributed by atoms with Gasteiger partial charge >= 0.3 is 6.18 Å². The number of halogens is 3. The number of ether oxygens (including phenoxy) is 1. The molecule has 1 N–H and O–H groups in total. The summed E-state index contributed by atoms with van der Waals surface area (Å²) in [6, 6.07) is 6.85. The molecule has 12 heteroatoms. The summed E-state index contributed by atoms with van der Waals surface area (Å²) in [5.74, 6) is 0.233. The zero-order valence-corrected chi connectivity index (χ0v) is 18.2. The third kappa shape index (κ3) is 4.50. The Balaban J connectivity index is 1.48. The average Bonchev–Trinajstić information content (AvgIpc) is 3.36. The minimum atomic E-state index is -4.46. The van der Waals surface area contributed by atoms with Crippen LogP contribution in [0.3, 0.4) is 0 Å². The molecule has 0 radical (unpaired) electrons. The largest absolute Gasteiger partial charge is 0.441 e. The van der Waals surface area contributed by atoms with E-state index in [-0.39, 0.29) is 12.5 Å². The molecule has 1 amide bonds. The summed E-state index contributed by atoms with van der Waals surface area (Å²) >= 11 is 2.39. The maximum Gasteiger partial charge on any atom is 0.416 e. The van der Waals surface area contributed by atoms with Crippen molar-refractivity contribution in [3.63, 3.8) is 0 Å². The fourth-order valence-electron chi connectivity index (χ4n) is 2.95. The summed E-state index contributed by atoms with van der Waals surface area (Å²) in [6.07, 6.45) is -6.37. The first-order valence-electron chi connectivity index (χ1n) is 9.03. The molecule has 1 unspecified atom stereocenters. The van der Waals surface area contributed by atoms with Gasteiger partial charge in [-0.15, -0.1) is 11.3 Å². The number of amides is 1. The van der Waals surface area contributed by atoms with Gasteiger partial charge in [0.2, 0.25) is 0 Å². The van der Waals surface area contributed by atoms with Crippen LogP contribution in [0.2, 0.25) is 0 Å². The Labute approximate surface area is 182 Å². The fourth-order valence-corrected chi connectivity index (χ4v) is 5.03. The number of anilines is 2. The van der Waals surface area contributed by atoms with E-state index in [0.29, 0.717) is 37.5 Å². The van der Waals surface area contributed by atoms with Crippen molar-refractivity contribution in [3.8, 4) is 0 Å². The van der Waals surface area contributed by atoms with E-state index in [1.165, 1.54) is 34.6 Å². The number of carbonyl (C=O) groups is 1. The molecule has 0 aliphatic heterocycles. The molecule has 0 aliphatic rings. The lowest BCUT2D eigenvalue weighted by Crippen LogP contribution is -2.40. The van der Waals surface area contributed by atoms with E-state index < -0.39 is 12.3 Å². The number of carbonyl (C=O) groups excluding carboxylic acids is 1. The average molecular weight is 470 g/mol. The number of likely N-dealkylation sites (N-methyl/N-ethyl adjacent to an activating group) is 1. The van der Waals surface area contributed by atoms with Gasteiger partial charge in [0.1, 0.15) is 10.3 Å². The third-order valence-electron chi connectivity index (χ3n) is 4.47. The van der Waals surface area contributed by atoms with Crippen LogP contribution >= 0.6 is 22.7 Å². The van der Waals surface area contributed by atoms with Crippen molar-refractivity contribution < 1.29 is 27.1 Å². The SMILES string of the molecule is COC(CN(C)c1nc2sc(C(=O)Nc3ccc4oc(C)nc4c3)cc2s1)C(F)(F)F. The van der Waals surface area contributed by atoms with Crippen molar-refractivity contribution in [2.45, 2.75) is 19.2 Å². The lowest BCUT2D eigenvalue weighted by Gasteiger charge is -2.24. The van der Waals surface area contributed by atoms with Crippen molar-refractivity contribution in [1.29, 1.82) is 0 Å². The number of aromatic nitrogens is 2. The maximum atomic E-state index is 12.9. The van der Waals surface area contributed by atoms with Crippen molar-refractivity contribution in [3.05, 3.63) is 35.0 Å². The Morgan fingerprint density at radius 2 is 2.06 bits per heavy atom. The lowest BCUT2D eigenvalue weighted by molar-refractivity contribution is -0.209. The number of thiazole rings is 1. The normalized spacial score (nSPS) is 13.1. The molecule has 1 aromatic carbocycles. The van der Waals surface area contributed by atoms with Gasteiger partial charge in [0, 0.05) is 26.8 Å². The summed E-state index contributed by atoms with van der Waals surface area (Å²) in [5.41, 5.74) is 1.85. The lowest BCUT2D eigenvalue weighted by atomic mass is 10.3. The van der Waals surface area contributed by atoms with E-state index in [1.54, 1.807) is 31.2 Å². The first kappa shape index (κ1) is 21.5. The van der Waals surface area contributed by atoms with Gasteiger partial charge in [-0.05, 0) is 24.3 Å². The van der Waals surface area contributed by atoms with Gasteiger partial charge in [-0.1, -0.05) is 11.3 Å². The number of fused-ring (bicyclic) bond motifs is 2. The number of oxazole rings is 1. The molecule has 164 valence electrons. The topological polar surface area (TPSA) is 80.5 Å². The van der Waals surface area contributed by atoms with E-state index in [0.717, 1.165) is 11.8 Å². The molecule has 0 saturated heterocycles. The molecule has 0 spiro atoms. The third-order valence-corrected chi connectivity index (χ3v) is 6.74. The van der Waals surface area contributed by atoms with Gasteiger partial charge in [-0.3, -0.25) is 4.79 Å². The maximum absolute atomic E-state index is 12.9. The van der Waals surface area contributed by atoms with E-state index in [2.05, 4.69) is 20.0 Å². The number of thiophene rings is 1. The Bertz CT molecular complexity index is 1220. The Kier molecular flexibility index (Phi) is 5.62. The van der Waals surface area contributed by atoms with Crippen LogP contribution in [0.5, 0.6) is 0 Å². The minimum Gasteiger partial charge on any atom is -0.441 e. The number of methoxy groups -OCH3 is 1. The Morgan fingerprint density at radius 1 is 1.29 bits per heavy atom. The van der Waals surface area contributed by atoms with Crippen LogP contribution in [0.4, 0.5) is 24.0 Å². The fraction of sp³-hybridized carbons (Fsp3) is 0.316. The number of nitrogens with zero attached hydrogens (tertiary/aromatic N) is 3. The number of hydrogen-bond acceptors (Lipinski definition) is 8. The molecule has 0 aliphatic carbocycles. The van der Waals surface area contributed by atoms with E-state index in [4.69, 9.17) is 4.42 Å². The molecule has 31 heavy (non-hydrogen) atoms. The van der Waals surface area contributed by atoms with Crippen LogP contribution in [0.1, 0.15) is 15.6 Å². The number of benzene rings is 1. The molecular weight excluding hydrogens is 453 g/mol. The molecule has 0 bridgehead atoms. The summed E-state index contributed by atoms with van der Waals surface area (Å²) in [4.78, 5) is 23.7. The summed E-state index contributed by atoms with van der Waals surface area (Å²) in [5, 5.41) is 3.24. The van der Waals surface area contributed by atoms with Crippen LogP contribution < -0.4 is 10.2 Å². The predicted molar refractivity (Wildman–Crippen MR) is 114 cm³/mol. The zero-order chi connectivity index (χ0) is 22.3. The highest BCUT2D eigenvalue weighted by atomic mass is 32.1. The van der Waals surface area contributed by atoms with E-state index in [1.807, 2.05) is 0 Å². The van der Waals surface area contributed by atoms with Gasteiger partial charge in [0.25, 0.3) is 5.91 Å². The van der Waals surface area contributed by atoms with Crippen molar-refractivity contribution >= 4 is 60.0 Å². The quantitative estimate of drug-likeness (QED) is 0.424. The molecule has 3 heterocycles. The molecule has 3 aromatic heterocycles. The first-order chi connectivity index (χ1) is 14.6. The van der Waals surface area contributed by atoms with Gasteiger partial charge in [0.05, 0.1) is 16.1 Å². The van der Waals surface area contributed by atoms with E-state index >= 15 is 0 Å². The summed E-state index contributed by atoms with van der Waals surface area (Å²) in [6.45, 7) is 1.37. The van der Waals surface area contributed by atoms with Crippen molar-refractivity contribution in [1.82, 2.24) is 9.97 Å². The molecule has 0 saturated carbocycles. The van der Waals surface area contributed by atoms with Crippen LogP contribution in [-0.4, -0.2) is 48.9 Å². The minimum absolute atomic E-state index is 0.304. The van der Waals surface area contributed by atoms with Crippen LogP contribution in [0.15, 0.2) is 28.7 Å². The highest BCUT2D eigenvalue weighted by Gasteiger charge is 2.41. The van der Waals surface area contributed by atoms with Gasteiger partial charge in [-0.2, -0.15) is 13.2 Å².